The number of nitrogens with zero attached hydrogens (tertiary/aromatic N) is 2. The van der Waals surface area contributed by atoms with Gasteiger partial charge in [0, 0.05) is 24.3 Å². The van der Waals surface area contributed by atoms with E-state index in [0.29, 0.717) is 18.7 Å². The molecule has 2 unspecified atom stereocenters. The summed E-state index contributed by atoms with van der Waals surface area (Å²) in [6, 6.07) is 12.5. The second kappa shape index (κ2) is 10.6. The van der Waals surface area contributed by atoms with E-state index in [9.17, 15) is 22.7 Å². The smallest absolute Gasteiger partial charge is 0.361 e. The molecule has 4 rings (SSSR count). The molecule has 0 radical (unpaired) electrons. The summed E-state index contributed by atoms with van der Waals surface area (Å²) in [4.78, 5) is 4.39. The SMILES string of the molecule is CC(C1CCC1)N1CCC(N(Cc2ccccc2)C(O)Nc2cc(F)cc(C(F)(F)F)c2)CC1. The van der Waals surface area contributed by atoms with E-state index < -0.39 is 23.9 Å². The largest absolute Gasteiger partial charge is 0.416 e. The van der Waals surface area contributed by atoms with Crippen LogP contribution in [0.4, 0.5) is 23.2 Å². The predicted octanol–water partition coefficient (Wildman–Crippen LogP) is 5.69. The summed E-state index contributed by atoms with van der Waals surface area (Å²) in [5, 5.41) is 13.8. The molecule has 8 heteroatoms. The molecule has 1 saturated heterocycles. The van der Waals surface area contributed by atoms with Gasteiger partial charge in [0.25, 0.3) is 0 Å². The van der Waals surface area contributed by atoms with Gasteiger partial charge in [0.15, 0.2) is 6.35 Å². The summed E-state index contributed by atoms with van der Waals surface area (Å²) < 4.78 is 53.3. The van der Waals surface area contributed by atoms with E-state index in [2.05, 4.69) is 17.1 Å². The van der Waals surface area contributed by atoms with Crippen LogP contribution in [0.5, 0.6) is 0 Å². The van der Waals surface area contributed by atoms with Crippen molar-refractivity contribution in [1.82, 2.24) is 9.80 Å². The summed E-state index contributed by atoms with van der Waals surface area (Å²) in [7, 11) is 0. The lowest BCUT2D eigenvalue weighted by Crippen LogP contribution is -2.53. The number of nitrogens with one attached hydrogen (secondary N) is 1. The molecule has 2 aromatic carbocycles. The van der Waals surface area contributed by atoms with Gasteiger partial charge >= 0.3 is 6.18 Å². The normalized spacial score (nSPS) is 20.2. The van der Waals surface area contributed by atoms with Crippen molar-refractivity contribution in [2.45, 2.75) is 70.2 Å². The molecule has 0 bridgehead atoms. The molecule has 2 atom stereocenters. The first-order valence-electron chi connectivity index (χ1n) is 12.1. The first kappa shape index (κ1) is 24.9. The zero-order valence-corrected chi connectivity index (χ0v) is 19.4. The third kappa shape index (κ3) is 6.09. The van der Waals surface area contributed by atoms with Gasteiger partial charge in [-0.1, -0.05) is 36.8 Å². The Bertz CT molecular complexity index is 927. The maximum atomic E-state index is 13.9. The van der Waals surface area contributed by atoms with E-state index in [-0.39, 0.29) is 11.7 Å². The minimum absolute atomic E-state index is 0.0446. The third-order valence-electron chi connectivity index (χ3n) is 7.42. The van der Waals surface area contributed by atoms with Crippen molar-refractivity contribution in [2.75, 3.05) is 18.4 Å². The van der Waals surface area contributed by atoms with Crippen LogP contribution in [0.1, 0.15) is 50.2 Å². The first-order chi connectivity index (χ1) is 16.2. The molecule has 4 nitrogen and oxygen atoms in total. The van der Waals surface area contributed by atoms with Crippen LogP contribution in [-0.4, -0.2) is 46.4 Å². The molecular formula is C26H33F4N3O. The summed E-state index contributed by atoms with van der Waals surface area (Å²) in [5.74, 6) is -0.238. The molecule has 34 heavy (non-hydrogen) atoms. The van der Waals surface area contributed by atoms with E-state index in [0.717, 1.165) is 49.5 Å². The number of likely N-dealkylation sites (tertiary alicyclic amines) is 1. The molecular weight excluding hydrogens is 446 g/mol. The van der Waals surface area contributed by atoms with E-state index >= 15 is 0 Å². The second-order valence-electron chi connectivity index (χ2n) is 9.60. The monoisotopic (exact) mass is 479 g/mol. The zero-order valence-electron chi connectivity index (χ0n) is 19.4. The number of alkyl halides is 3. The molecule has 2 fully saturated rings. The van der Waals surface area contributed by atoms with Gasteiger partial charge in [0.2, 0.25) is 0 Å². The van der Waals surface area contributed by atoms with Gasteiger partial charge in [0.1, 0.15) is 5.82 Å². The van der Waals surface area contributed by atoms with E-state index in [1.807, 2.05) is 35.2 Å². The van der Waals surface area contributed by atoms with Gasteiger partial charge in [-0.15, -0.1) is 0 Å². The van der Waals surface area contributed by atoms with E-state index in [4.69, 9.17) is 0 Å². The predicted molar refractivity (Wildman–Crippen MR) is 124 cm³/mol. The highest BCUT2D eigenvalue weighted by Gasteiger charge is 2.35. The van der Waals surface area contributed by atoms with E-state index in [1.165, 1.54) is 19.3 Å². The van der Waals surface area contributed by atoms with Crippen LogP contribution >= 0.6 is 0 Å². The van der Waals surface area contributed by atoms with Crippen LogP contribution in [0.25, 0.3) is 0 Å². The van der Waals surface area contributed by atoms with E-state index in [1.54, 1.807) is 0 Å². The summed E-state index contributed by atoms with van der Waals surface area (Å²) in [6.45, 7) is 4.56. The Morgan fingerprint density at radius 1 is 1.06 bits per heavy atom. The molecule has 2 aliphatic rings. The number of anilines is 1. The highest BCUT2D eigenvalue weighted by Crippen LogP contribution is 2.34. The molecule has 0 amide bonds. The fourth-order valence-corrected chi connectivity index (χ4v) is 5.12. The molecule has 1 heterocycles. The number of piperidine rings is 1. The number of aliphatic hydroxyl groups excluding tert-OH is 1. The Kier molecular flexibility index (Phi) is 7.80. The number of halogens is 4. The summed E-state index contributed by atoms with van der Waals surface area (Å²) >= 11 is 0. The molecule has 0 aromatic heterocycles. The minimum Gasteiger partial charge on any atom is -0.361 e. The summed E-state index contributed by atoms with van der Waals surface area (Å²) in [5.41, 5.74) is -0.201. The van der Waals surface area contributed by atoms with Gasteiger partial charge in [0.05, 0.1) is 5.56 Å². The van der Waals surface area contributed by atoms with Crippen LogP contribution in [0, 0.1) is 11.7 Å². The lowest BCUT2D eigenvalue weighted by molar-refractivity contribution is -0.137. The van der Waals surface area contributed by atoms with Gasteiger partial charge in [-0.05, 0) is 75.4 Å². The number of benzene rings is 2. The van der Waals surface area contributed by atoms with Crippen molar-refractivity contribution in [3.63, 3.8) is 0 Å². The summed E-state index contributed by atoms with van der Waals surface area (Å²) in [6.07, 6.45) is -0.348. The lowest BCUT2D eigenvalue weighted by Gasteiger charge is -2.45. The Labute approximate surface area is 198 Å². The molecule has 1 saturated carbocycles. The quantitative estimate of drug-likeness (QED) is 0.377. The fraction of sp³-hybridized carbons (Fsp3) is 0.538. The molecule has 1 aliphatic carbocycles. The molecule has 186 valence electrons. The number of rotatable bonds is 8. The van der Waals surface area contributed by atoms with Gasteiger partial charge in [-0.3, -0.25) is 4.90 Å². The second-order valence-corrected chi connectivity index (χ2v) is 9.60. The van der Waals surface area contributed by atoms with Crippen molar-refractivity contribution < 1.29 is 22.7 Å². The van der Waals surface area contributed by atoms with Crippen molar-refractivity contribution in [1.29, 1.82) is 0 Å². The van der Waals surface area contributed by atoms with Crippen LogP contribution in [0.2, 0.25) is 0 Å². The maximum Gasteiger partial charge on any atom is 0.416 e. The minimum atomic E-state index is -4.67. The van der Waals surface area contributed by atoms with Crippen molar-refractivity contribution >= 4 is 5.69 Å². The Morgan fingerprint density at radius 3 is 2.32 bits per heavy atom. The zero-order chi connectivity index (χ0) is 24.3. The van der Waals surface area contributed by atoms with Gasteiger partial charge in [-0.25, -0.2) is 4.39 Å². The van der Waals surface area contributed by atoms with Gasteiger partial charge < -0.3 is 15.3 Å². The highest BCUT2D eigenvalue weighted by atomic mass is 19.4. The third-order valence-corrected chi connectivity index (χ3v) is 7.42. The first-order valence-corrected chi connectivity index (χ1v) is 12.1. The maximum absolute atomic E-state index is 13.9. The van der Waals surface area contributed by atoms with Crippen molar-refractivity contribution in [3.8, 4) is 0 Å². The standard InChI is InChI=1S/C26H33F4N3O/c1-18(20-8-5-9-20)32-12-10-24(11-13-32)33(17-19-6-3-2-4-7-19)25(34)31-23-15-21(26(28,29)30)14-22(27)16-23/h2-4,6-7,14-16,18,20,24-25,31,34H,5,8-13,17H2,1H3. The average Bonchev–Trinajstić information content (AvgIpc) is 2.76. The molecule has 1 aliphatic heterocycles. The average molecular weight is 480 g/mol. The van der Waals surface area contributed by atoms with Crippen LogP contribution in [0.15, 0.2) is 48.5 Å². The lowest BCUT2D eigenvalue weighted by atomic mass is 9.79. The number of hydrogen-bond acceptors (Lipinski definition) is 4. The number of aliphatic hydroxyl groups is 1. The van der Waals surface area contributed by atoms with Crippen LogP contribution in [-0.2, 0) is 12.7 Å². The Balaban J connectivity index is 1.48. The fourth-order valence-electron chi connectivity index (χ4n) is 5.12. The molecule has 2 N–H and O–H groups in total. The number of hydrogen-bond donors (Lipinski definition) is 2. The van der Waals surface area contributed by atoms with Crippen LogP contribution < -0.4 is 5.32 Å². The molecule has 2 aromatic rings. The Morgan fingerprint density at radius 2 is 1.74 bits per heavy atom. The van der Waals surface area contributed by atoms with Crippen molar-refractivity contribution in [2.24, 2.45) is 5.92 Å². The van der Waals surface area contributed by atoms with Gasteiger partial charge in [-0.2, -0.15) is 13.2 Å². The van der Waals surface area contributed by atoms with Crippen LogP contribution in [0.3, 0.4) is 0 Å². The Hall–Kier alpha value is -2.16. The molecule has 0 spiro atoms. The highest BCUT2D eigenvalue weighted by molar-refractivity contribution is 5.47. The topological polar surface area (TPSA) is 38.7 Å². The van der Waals surface area contributed by atoms with Crippen molar-refractivity contribution in [3.05, 3.63) is 65.5 Å².